The van der Waals surface area contributed by atoms with Crippen LogP contribution in [0.15, 0.2) is 48.0 Å². The number of carbonyl (C=O) groups is 2. The maximum Gasteiger partial charge on any atom is 0.295 e. The molecule has 2 aromatic rings. The average molecular weight is 484 g/mol. The van der Waals surface area contributed by atoms with Gasteiger partial charge in [0.2, 0.25) is 5.78 Å². The van der Waals surface area contributed by atoms with E-state index < -0.39 is 28.4 Å². The van der Waals surface area contributed by atoms with E-state index in [4.69, 9.17) is 9.47 Å². The molecule has 0 aromatic heterocycles. The molecular weight excluding hydrogens is 454 g/mol. The number of methoxy groups -OCH3 is 2. The summed E-state index contributed by atoms with van der Waals surface area (Å²) in [6, 6.07) is 8.98. The van der Waals surface area contributed by atoms with Gasteiger partial charge in [0.1, 0.15) is 11.5 Å². The van der Waals surface area contributed by atoms with Crippen molar-refractivity contribution in [3.8, 4) is 11.5 Å². The highest BCUT2D eigenvalue weighted by atomic mass is 16.6. The van der Waals surface area contributed by atoms with Crippen molar-refractivity contribution in [2.24, 2.45) is 0 Å². The Labute approximate surface area is 203 Å². The largest absolute Gasteiger partial charge is 0.872 e. The van der Waals surface area contributed by atoms with E-state index in [1.165, 1.54) is 48.3 Å². The number of nitrogens with one attached hydrogen (secondary N) is 1. The van der Waals surface area contributed by atoms with Crippen LogP contribution in [0.5, 0.6) is 11.5 Å². The monoisotopic (exact) mass is 483 g/mol. The van der Waals surface area contributed by atoms with E-state index in [0.717, 1.165) is 13.1 Å². The second kappa shape index (κ2) is 11.0. The van der Waals surface area contributed by atoms with Crippen LogP contribution in [0.25, 0.3) is 5.76 Å². The Morgan fingerprint density at radius 1 is 1.06 bits per heavy atom. The summed E-state index contributed by atoms with van der Waals surface area (Å²) in [5.41, 5.74) is 0.173. The number of likely N-dealkylation sites (N-methyl/N-ethyl adjacent to an activating group) is 1. The standard InChI is InChI=1S/C25H29N3O7/c1-5-26(6-2)13-14-27-22(19-12-11-18(34-3)15-20(19)35-4)21(24(30)25(27)31)23(29)16-7-9-17(10-8-16)28(32)33/h7-12,15,22,29H,5-6,13-14H2,1-4H3. The van der Waals surface area contributed by atoms with Crippen molar-refractivity contribution in [1.29, 1.82) is 0 Å². The normalized spacial score (nSPS) is 17.2. The van der Waals surface area contributed by atoms with Crippen molar-refractivity contribution >= 4 is 23.1 Å². The predicted octanol–water partition coefficient (Wildman–Crippen LogP) is 0.761. The first-order chi connectivity index (χ1) is 16.8. The molecule has 1 unspecified atom stereocenters. The molecule has 1 fully saturated rings. The summed E-state index contributed by atoms with van der Waals surface area (Å²) in [4.78, 5) is 39.4. The van der Waals surface area contributed by atoms with E-state index in [9.17, 15) is 24.8 Å². The minimum absolute atomic E-state index is 0.0837. The van der Waals surface area contributed by atoms with Crippen LogP contribution < -0.4 is 19.5 Å². The zero-order valence-corrected chi connectivity index (χ0v) is 20.2. The van der Waals surface area contributed by atoms with Gasteiger partial charge in [0, 0.05) is 29.3 Å². The van der Waals surface area contributed by atoms with Crippen LogP contribution in [0, 0.1) is 10.1 Å². The van der Waals surface area contributed by atoms with Gasteiger partial charge in [0.25, 0.3) is 11.6 Å². The Morgan fingerprint density at radius 2 is 1.71 bits per heavy atom. The minimum Gasteiger partial charge on any atom is -0.872 e. The van der Waals surface area contributed by atoms with E-state index in [-0.39, 0.29) is 23.4 Å². The molecular formula is C25H29N3O7. The average Bonchev–Trinajstić information content (AvgIpc) is 3.13. The number of carbonyl (C=O) groups excluding carboxylic acids is 2. The fourth-order valence-electron chi connectivity index (χ4n) is 4.24. The van der Waals surface area contributed by atoms with E-state index in [2.05, 4.69) is 0 Å². The zero-order chi connectivity index (χ0) is 25.7. The Balaban J connectivity index is 2.17. The number of amides is 1. The predicted molar refractivity (Wildman–Crippen MR) is 126 cm³/mol. The molecule has 3 rings (SSSR count). The number of benzene rings is 2. The molecule has 1 saturated heterocycles. The fourth-order valence-corrected chi connectivity index (χ4v) is 4.24. The van der Waals surface area contributed by atoms with Gasteiger partial charge in [0.15, 0.2) is 0 Å². The molecule has 10 nitrogen and oxygen atoms in total. The van der Waals surface area contributed by atoms with E-state index >= 15 is 0 Å². The Kier molecular flexibility index (Phi) is 8.08. The first-order valence-electron chi connectivity index (χ1n) is 11.3. The van der Waals surface area contributed by atoms with E-state index in [1.54, 1.807) is 18.2 Å². The van der Waals surface area contributed by atoms with Gasteiger partial charge in [-0.1, -0.05) is 5.76 Å². The third kappa shape index (κ3) is 5.12. The zero-order valence-electron chi connectivity index (χ0n) is 20.2. The van der Waals surface area contributed by atoms with Crippen LogP contribution in [0.1, 0.15) is 31.0 Å². The van der Waals surface area contributed by atoms with Gasteiger partial charge in [0.05, 0.1) is 51.4 Å². The highest BCUT2D eigenvalue weighted by Gasteiger charge is 2.45. The molecule has 1 heterocycles. The van der Waals surface area contributed by atoms with Crippen LogP contribution in [0.2, 0.25) is 0 Å². The smallest absolute Gasteiger partial charge is 0.295 e. The molecule has 2 aromatic carbocycles. The highest BCUT2D eigenvalue weighted by molar-refractivity contribution is 6.46. The summed E-state index contributed by atoms with van der Waals surface area (Å²) < 4.78 is 10.8. The lowest BCUT2D eigenvalue weighted by Crippen LogP contribution is -3.12. The minimum atomic E-state index is -0.964. The van der Waals surface area contributed by atoms with Crippen LogP contribution in [0.3, 0.4) is 0 Å². The molecule has 1 N–H and O–H groups in total. The number of non-ortho nitro benzene ring substituents is 1. The molecule has 0 bridgehead atoms. The summed E-state index contributed by atoms with van der Waals surface area (Å²) in [5.74, 6) is -1.41. The third-order valence-corrected chi connectivity index (χ3v) is 6.31. The number of ketones is 1. The first kappa shape index (κ1) is 25.7. The molecule has 10 heteroatoms. The van der Waals surface area contributed by atoms with Gasteiger partial charge in [-0.2, -0.15) is 0 Å². The summed E-state index contributed by atoms with van der Waals surface area (Å²) in [7, 11) is 2.96. The number of likely N-dealkylation sites (tertiary alicyclic amines) is 1. The van der Waals surface area contributed by atoms with Crippen molar-refractivity contribution in [1.82, 2.24) is 4.90 Å². The third-order valence-electron chi connectivity index (χ3n) is 6.31. The number of hydrogen-bond acceptors (Lipinski definition) is 7. The first-order valence-corrected chi connectivity index (χ1v) is 11.3. The quantitative estimate of drug-likeness (QED) is 0.174. The maximum atomic E-state index is 13.5. The Morgan fingerprint density at radius 3 is 2.26 bits per heavy atom. The van der Waals surface area contributed by atoms with E-state index in [0.29, 0.717) is 23.6 Å². The van der Waals surface area contributed by atoms with Crippen molar-refractivity contribution in [3.63, 3.8) is 0 Å². The van der Waals surface area contributed by atoms with Gasteiger partial charge in [-0.15, -0.1) is 0 Å². The second-order valence-corrected chi connectivity index (χ2v) is 8.09. The Hall–Kier alpha value is -3.92. The van der Waals surface area contributed by atoms with Crippen LogP contribution >= 0.6 is 0 Å². The SMILES string of the molecule is CC[NH+](CC)CCN1C(=O)C(=O)C(=C([O-])c2ccc([N+](=O)[O-])cc2)C1c1ccc(OC)cc1OC. The molecule has 0 spiro atoms. The number of rotatable bonds is 10. The van der Waals surface area contributed by atoms with Crippen LogP contribution in [0.4, 0.5) is 5.69 Å². The van der Waals surface area contributed by atoms with Gasteiger partial charge < -0.3 is 24.4 Å². The number of nitrogens with zero attached hydrogens (tertiary/aromatic N) is 2. The number of ether oxygens (including phenoxy) is 2. The van der Waals surface area contributed by atoms with Gasteiger partial charge in [-0.05, 0) is 43.7 Å². The fraction of sp³-hybridized carbons (Fsp3) is 0.360. The number of hydrogen-bond donors (Lipinski definition) is 1. The lowest BCUT2D eigenvalue weighted by Gasteiger charge is -2.29. The van der Waals surface area contributed by atoms with Crippen LogP contribution in [-0.4, -0.2) is 61.9 Å². The van der Waals surface area contributed by atoms with Gasteiger partial charge in [-0.3, -0.25) is 19.7 Å². The number of Topliss-reactive ketones (excluding diaryl/α,β-unsaturated/α-hetero) is 1. The lowest BCUT2D eigenvalue weighted by molar-refractivity contribution is -0.895. The van der Waals surface area contributed by atoms with Crippen molar-refractivity contribution in [3.05, 3.63) is 69.3 Å². The van der Waals surface area contributed by atoms with Gasteiger partial charge >= 0.3 is 0 Å². The van der Waals surface area contributed by atoms with E-state index in [1.807, 2.05) is 13.8 Å². The summed E-state index contributed by atoms with van der Waals surface area (Å²) in [6.45, 7) is 6.63. The molecule has 1 amide bonds. The molecule has 1 aliphatic heterocycles. The molecule has 186 valence electrons. The topological polar surface area (TPSA) is 126 Å². The van der Waals surface area contributed by atoms with Crippen molar-refractivity contribution < 1.29 is 34.0 Å². The molecule has 1 atom stereocenters. The van der Waals surface area contributed by atoms with Crippen LogP contribution in [-0.2, 0) is 9.59 Å². The number of quaternary nitrogens is 1. The van der Waals surface area contributed by atoms with Crippen molar-refractivity contribution in [2.75, 3.05) is 40.4 Å². The second-order valence-electron chi connectivity index (χ2n) is 8.09. The highest BCUT2D eigenvalue weighted by Crippen LogP contribution is 2.43. The summed E-state index contributed by atoms with van der Waals surface area (Å²) in [5, 5.41) is 24.5. The molecule has 0 radical (unpaired) electrons. The van der Waals surface area contributed by atoms with Gasteiger partial charge in [-0.25, -0.2) is 0 Å². The molecule has 0 aliphatic carbocycles. The molecule has 35 heavy (non-hydrogen) atoms. The summed E-state index contributed by atoms with van der Waals surface area (Å²) >= 11 is 0. The lowest BCUT2D eigenvalue weighted by atomic mass is 9.94. The maximum absolute atomic E-state index is 13.5. The molecule has 0 saturated carbocycles. The number of nitro benzene ring substituents is 1. The Bertz CT molecular complexity index is 1140. The molecule has 1 aliphatic rings. The summed E-state index contributed by atoms with van der Waals surface area (Å²) in [6.07, 6.45) is 0. The van der Waals surface area contributed by atoms with Crippen molar-refractivity contribution in [2.45, 2.75) is 19.9 Å². The number of nitro groups is 1.